The molecule has 3 rings (SSSR count). The molecule has 2 aromatic rings. The SMILES string of the molecule is Cc1ccc(C(=O)N2CC[C@@H](N)C2)cc1NC(=O)c1ccccc1F.Cl. The van der Waals surface area contributed by atoms with E-state index in [1.807, 2.05) is 6.92 Å². The van der Waals surface area contributed by atoms with Gasteiger partial charge >= 0.3 is 0 Å². The summed E-state index contributed by atoms with van der Waals surface area (Å²) in [6.07, 6.45) is 0.786. The Hall–Kier alpha value is -2.44. The minimum atomic E-state index is -0.587. The van der Waals surface area contributed by atoms with Gasteiger partial charge in [-0.1, -0.05) is 18.2 Å². The van der Waals surface area contributed by atoms with Gasteiger partial charge in [-0.3, -0.25) is 9.59 Å². The van der Waals surface area contributed by atoms with Gasteiger partial charge < -0.3 is 16.0 Å². The van der Waals surface area contributed by atoms with E-state index in [1.54, 1.807) is 29.2 Å². The molecule has 138 valence electrons. The number of likely N-dealkylation sites (tertiary alicyclic amines) is 1. The van der Waals surface area contributed by atoms with E-state index in [2.05, 4.69) is 5.32 Å². The molecule has 0 bridgehead atoms. The molecule has 1 aliphatic heterocycles. The summed E-state index contributed by atoms with van der Waals surface area (Å²) in [6.45, 7) is 2.98. The lowest BCUT2D eigenvalue weighted by atomic mass is 10.1. The number of benzene rings is 2. The number of hydrogen-bond donors (Lipinski definition) is 2. The maximum Gasteiger partial charge on any atom is 0.258 e. The highest BCUT2D eigenvalue weighted by molar-refractivity contribution is 6.05. The molecule has 1 heterocycles. The van der Waals surface area contributed by atoms with E-state index >= 15 is 0 Å². The van der Waals surface area contributed by atoms with Crippen molar-refractivity contribution in [3.05, 3.63) is 65.0 Å². The molecule has 2 aromatic carbocycles. The molecule has 0 spiro atoms. The summed E-state index contributed by atoms with van der Waals surface area (Å²) in [5.41, 5.74) is 7.57. The summed E-state index contributed by atoms with van der Waals surface area (Å²) in [4.78, 5) is 26.6. The summed E-state index contributed by atoms with van der Waals surface area (Å²) in [5, 5.41) is 2.69. The van der Waals surface area contributed by atoms with E-state index < -0.39 is 11.7 Å². The Morgan fingerprint density at radius 1 is 1.23 bits per heavy atom. The van der Waals surface area contributed by atoms with Crippen molar-refractivity contribution in [1.29, 1.82) is 0 Å². The molecule has 3 N–H and O–H groups in total. The van der Waals surface area contributed by atoms with Crippen molar-refractivity contribution in [2.24, 2.45) is 5.73 Å². The molecule has 0 radical (unpaired) electrons. The molecule has 26 heavy (non-hydrogen) atoms. The number of rotatable bonds is 3. The predicted octanol–water partition coefficient (Wildman–Crippen LogP) is 2.98. The third-order valence-electron chi connectivity index (χ3n) is 4.36. The fourth-order valence-electron chi connectivity index (χ4n) is 2.88. The Morgan fingerprint density at radius 2 is 1.96 bits per heavy atom. The third-order valence-corrected chi connectivity index (χ3v) is 4.36. The standard InChI is InChI=1S/C19H20FN3O2.ClH/c1-12-6-7-13(19(25)23-9-8-14(21)11-23)10-17(12)22-18(24)15-4-2-3-5-16(15)20;/h2-7,10,14H,8-9,11,21H2,1H3,(H,22,24);1H/t14-;/m1./s1. The second-order valence-electron chi connectivity index (χ2n) is 6.26. The van der Waals surface area contributed by atoms with Crippen LogP contribution in [0, 0.1) is 12.7 Å². The van der Waals surface area contributed by atoms with Crippen LogP contribution >= 0.6 is 12.4 Å². The zero-order valence-corrected chi connectivity index (χ0v) is 15.2. The molecule has 1 atom stereocenters. The number of nitrogens with one attached hydrogen (secondary N) is 1. The van der Waals surface area contributed by atoms with Gasteiger partial charge in [0.1, 0.15) is 5.82 Å². The molecule has 5 nitrogen and oxygen atoms in total. The number of carbonyl (C=O) groups is 2. The Balaban J connectivity index is 0.00000243. The minimum absolute atomic E-state index is 0. The number of carbonyl (C=O) groups excluding carboxylic acids is 2. The molecule has 7 heteroatoms. The summed E-state index contributed by atoms with van der Waals surface area (Å²) < 4.78 is 13.8. The van der Waals surface area contributed by atoms with Crippen molar-refractivity contribution in [1.82, 2.24) is 4.90 Å². The number of nitrogens with zero attached hydrogens (tertiary/aromatic N) is 1. The van der Waals surface area contributed by atoms with Crippen LogP contribution in [-0.4, -0.2) is 35.8 Å². The number of aryl methyl sites for hydroxylation is 1. The monoisotopic (exact) mass is 377 g/mol. The summed E-state index contributed by atoms with van der Waals surface area (Å²) in [6, 6.07) is 10.9. The lowest BCUT2D eigenvalue weighted by molar-refractivity contribution is 0.0790. The van der Waals surface area contributed by atoms with Crippen LogP contribution in [-0.2, 0) is 0 Å². The largest absolute Gasteiger partial charge is 0.337 e. The van der Waals surface area contributed by atoms with E-state index in [-0.39, 0.29) is 29.9 Å². The van der Waals surface area contributed by atoms with Crippen LogP contribution in [0.2, 0.25) is 0 Å². The fraction of sp³-hybridized carbons (Fsp3) is 0.263. The van der Waals surface area contributed by atoms with Crippen molar-refractivity contribution in [2.45, 2.75) is 19.4 Å². The molecule has 0 saturated carbocycles. The highest BCUT2D eigenvalue weighted by Gasteiger charge is 2.25. The van der Waals surface area contributed by atoms with Crippen LogP contribution in [0.4, 0.5) is 10.1 Å². The molecule has 1 saturated heterocycles. The number of halogens is 2. The summed E-state index contributed by atoms with van der Waals surface area (Å²) in [7, 11) is 0. The highest BCUT2D eigenvalue weighted by Crippen LogP contribution is 2.21. The molecule has 1 aliphatic rings. The quantitative estimate of drug-likeness (QED) is 0.863. The van der Waals surface area contributed by atoms with Crippen molar-refractivity contribution < 1.29 is 14.0 Å². The number of nitrogens with two attached hydrogens (primary N) is 1. The second kappa shape index (κ2) is 8.29. The van der Waals surface area contributed by atoms with Gasteiger partial charge in [0, 0.05) is 30.4 Å². The van der Waals surface area contributed by atoms with Gasteiger partial charge in [-0.2, -0.15) is 0 Å². The molecule has 0 aliphatic carbocycles. The first-order valence-corrected chi connectivity index (χ1v) is 8.17. The van der Waals surface area contributed by atoms with Crippen molar-refractivity contribution >= 4 is 29.9 Å². The maximum absolute atomic E-state index is 13.8. The van der Waals surface area contributed by atoms with E-state index in [1.165, 1.54) is 18.2 Å². The fourth-order valence-corrected chi connectivity index (χ4v) is 2.88. The summed E-state index contributed by atoms with van der Waals surface area (Å²) in [5.74, 6) is -1.25. The lowest BCUT2D eigenvalue weighted by Gasteiger charge is -2.17. The number of amides is 2. The van der Waals surface area contributed by atoms with Gasteiger partial charge in [0.2, 0.25) is 0 Å². The van der Waals surface area contributed by atoms with E-state index in [4.69, 9.17) is 5.73 Å². The average Bonchev–Trinajstić information content (AvgIpc) is 3.03. The Bertz CT molecular complexity index is 828. The Labute approximate surface area is 157 Å². The van der Waals surface area contributed by atoms with Gasteiger partial charge in [-0.25, -0.2) is 4.39 Å². The first-order valence-electron chi connectivity index (χ1n) is 8.17. The molecular weight excluding hydrogens is 357 g/mol. The average molecular weight is 378 g/mol. The van der Waals surface area contributed by atoms with Gasteiger partial charge in [0.25, 0.3) is 11.8 Å². The number of anilines is 1. The third kappa shape index (κ3) is 4.20. The number of hydrogen-bond acceptors (Lipinski definition) is 3. The zero-order chi connectivity index (χ0) is 18.0. The Kier molecular flexibility index (Phi) is 6.34. The molecule has 0 unspecified atom stereocenters. The predicted molar refractivity (Wildman–Crippen MR) is 101 cm³/mol. The minimum Gasteiger partial charge on any atom is -0.337 e. The van der Waals surface area contributed by atoms with Crippen molar-refractivity contribution in [3.8, 4) is 0 Å². The highest BCUT2D eigenvalue weighted by atomic mass is 35.5. The van der Waals surface area contributed by atoms with Gasteiger partial charge in [-0.05, 0) is 43.2 Å². The molecule has 0 aromatic heterocycles. The van der Waals surface area contributed by atoms with Gasteiger partial charge in [0.15, 0.2) is 0 Å². The van der Waals surface area contributed by atoms with E-state index in [0.29, 0.717) is 24.3 Å². The zero-order valence-electron chi connectivity index (χ0n) is 14.4. The first kappa shape index (κ1) is 19.9. The molecular formula is C19H21ClFN3O2. The molecule has 2 amide bonds. The van der Waals surface area contributed by atoms with E-state index in [9.17, 15) is 14.0 Å². The second-order valence-corrected chi connectivity index (χ2v) is 6.26. The van der Waals surface area contributed by atoms with Crippen LogP contribution in [0.3, 0.4) is 0 Å². The van der Waals surface area contributed by atoms with Crippen LogP contribution in [0.15, 0.2) is 42.5 Å². The van der Waals surface area contributed by atoms with Gasteiger partial charge in [-0.15, -0.1) is 12.4 Å². The maximum atomic E-state index is 13.8. The smallest absolute Gasteiger partial charge is 0.258 e. The van der Waals surface area contributed by atoms with Gasteiger partial charge in [0.05, 0.1) is 5.56 Å². The van der Waals surface area contributed by atoms with Crippen molar-refractivity contribution in [3.63, 3.8) is 0 Å². The first-order chi connectivity index (χ1) is 12.0. The van der Waals surface area contributed by atoms with Crippen LogP contribution in [0.5, 0.6) is 0 Å². The lowest BCUT2D eigenvalue weighted by Crippen LogP contribution is -2.32. The van der Waals surface area contributed by atoms with Crippen LogP contribution in [0.1, 0.15) is 32.7 Å². The van der Waals surface area contributed by atoms with E-state index in [0.717, 1.165) is 12.0 Å². The van der Waals surface area contributed by atoms with Crippen molar-refractivity contribution in [2.75, 3.05) is 18.4 Å². The topological polar surface area (TPSA) is 75.4 Å². The summed E-state index contributed by atoms with van der Waals surface area (Å²) >= 11 is 0. The normalized spacial score (nSPS) is 16.1. The molecule has 1 fully saturated rings. The van der Waals surface area contributed by atoms with Crippen LogP contribution < -0.4 is 11.1 Å². The van der Waals surface area contributed by atoms with Crippen LogP contribution in [0.25, 0.3) is 0 Å². The Morgan fingerprint density at radius 3 is 2.62 bits per heavy atom.